The zero-order valence-corrected chi connectivity index (χ0v) is 20.5. The molecule has 0 saturated carbocycles. The summed E-state index contributed by atoms with van der Waals surface area (Å²) in [5, 5.41) is 9.70. The van der Waals surface area contributed by atoms with E-state index in [2.05, 4.69) is 9.88 Å². The fourth-order valence-corrected chi connectivity index (χ4v) is 4.48. The Morgan fingerprint density at radius 2 is 1.37 bits per heavy atom. The average molecular weight is 558 g/mol. The van der Waals surface area contributed by atoms with Crippen LogP contribution in [0.2, 0.25) is 5.15 Å². The highest BCUT2D eigenvalue weighted by Crippen LogP contribution is 2.50. The third-order valence-corrected chi connectivity index (χ3v) is 6.77. The molecular weight excluding hydrogens is 536 g/mol. The lowest BCUT2D eigenvalue weighted by Gasteiger charge is -2.34. The van der Waals surface area contributed by atoms with E-state index in [0.29, 0.717) is 61.5 Å². The van der Waals surface area contributed by atoms with Crippen molar-refractivity contribution >= 4 is 17.5 Å². The summed E-state index contributed by atoms with van der Waals surface area (Å²) >= 11 is 6.02. The molecule has 12 heteroatoms. The van der Waals surface area contributed by atoms with Gasteiger partial charge in [-0.25, -0.2) is 4.98 Å². The van der Waals surface area contributed by atoms with E-state index in [1.807, 2.05) is 12.1 Å². The topological polar surface area (TPSA) is 56.7 Å². The monoisotopic (exact) mass is 557 g/mol. The van der Waals surface area contributed by atoms with E-state index >= 15 is 0 Å². The molecule has 1 aliphatic rings. The molecule has 0 bridgehead atoms. The molecule has 0 radical (unpaired) electrons. The normalized spacial score (nSPS) is 15.5. The number of amides is 1. The molecule has 4 rings (SSSR count). The van der Waals surface area contributed by atoms with Gasteiger partial charge in [0.25, 0.3) is 11.5 Å². The number of alkyl halides is 6. The van der Waals surface area contributed by atoms with Crippen molar-refractivity contribution in [3.63, 3.8) is 0 Å². The SMILES string of the molecule is O=C(c1cccnc1Cl)N1CCN(Cc2ccc(-c3ccc(C(O)(C(F)(F)F)C(F)(F)F)cc3)cc2)CC1. The van der Waals surface area contributed by atoms with Crippen LogP contribution in [0.15, 0.2) is 66.9 Å². The van der Waals surface area contributed by atoms with Crippen LogP contribution in [0.5, 0.6) is 0 Å². The number of hydrogen-bond donors (Lipinski definition) is 1. The Balaban J connectivity index is 1.38. The summed E-state index contributed by atoms with van der Waals surface area (Å²) in [5.74, 6) is -0.179. The van der Waals surface area contributed by atoms with Gasteiger partial charge in [-0.1, -0.05) is 60.1 Å². The number of nitrogens with zero attached hydrogens (tertiary/aromatic N) is 3. The molecule has 38 heavy (non-hydrogen) atoms. The molecule has 0 aliphatic carbocycles. The van der Waals surface area contributed by atoms with E-state index in [9.17, 15) is 36.2 Å². The number of halogens is 7. The number of rotatable bonds is 5. The molecule has 1 fully saturated rings. The highest BCUT2D eigenvalue weighted by Gasteiger charge is 2.71. The van der Waals surface area contributed by atoms with Gasteiger partial charge in [-0.2, -0.15) is 26.3 Å². The number of piperazine rings is 1. The quantitative estimate of drug-likeness (QED) is 0.324. The molecule has 0 spiro atoms. The second kappa shape index (κ2) is 10.5. The maximum Gasteiger partial charge on any atom is 0.430 e. The van der Waals surface area contributed by atoms with Gasteiger partial charge in [-0.05, 0) is 28.8 Å². The molecule has 3 aromatic rings. The smallest absolute Gasteiger partial charge is 0.369 e. The van der Waals surface area contributed by atoms with E-state index < -0.39 is 23.5 Å². The number of hydrogen-bond acceptors (Lipinski definition) is 4. The van der Waals surface area contributed by atoms with Crippen molar-refractivity contribution in [2.24, 2.45) is 0 Å². The molecular formula is C26H22ClF6N3O2. The van der Waals surface area contributed by atoms with Gasteiger partial charge < -0.3 is 10.0 Å². The minimum Gasteiger partial charge on any atom is -0.369 e. The third-order valence-electron chi connectivity index (χ3n) is 6.47. The summed E-state index contributed by atoms with van der Waals surface area (Å²) in [6.07, 6.45) is -10.4. The lowest BCUT2D eigenvalue weighted by atomic mass is 9.90. The fraction of sp³-hybridized carbons (Fsp3) is 0.308. The van der Waals surface area contributed by atoms with Crippen LogP contribution in [-0.2, 0) is 12.1 Å². The van der Waals surface area contributed by atoms with Crippen LogP contribution in [0.25, 0.3) is 11.1 Å². The van der Waals surface area contributed by atoms with E-state index in [0.717, 1.165) is 17.7 Å². The molecule has 1 N–H and O–H groups in total. The highest BCUT2D eigenvalue weighted by atomic mass is 35.5. The third kappa shape index (κ3) is 5.50. The molecule has 5 nitrogen and oxygen atoms in total. The Bertz CT molecular complexity index is 1260. The van der Waals surface area contributed by atoms with Crippen molar-refractivity contribution in [3.05, 3.63) is 88.7 Å². The Morgan fingerprint density at radius 3 is 1.87 bits per heavy atom. The largest absolute Gasteiger partial charge is 0.430 e. The zero-order valence-electron chi connectivity index (χ0n) is 19.7. The summed E-state index contributed by atoms with van der Waals surface area (Å²) in [7, 11) is 0. The van der Waals surface area contributed by atoms with Gasteiger partial charge in [0.2, 0.25) is 0 Å². The van der Waals surface area contributed by atoms with E-state index in [1.54, 1.807) is 29.2 Å². The van der Waals surface area contributed by atoms with Crippen LogP contribution in [-0.4, -0.2) is 64.3 Å². The molecule has 1 saturated heterocycles. The van der Waals surface area contributed by atoms with E-state index in [-0.39, 0.29) is 11.1 Å². The Labute approximate surface area is 219 Å². The van der Waals surface area contributed by atoms with Crippen molar-refractivity contribution in [1.82, 2.24) is 14.8 Å². The predicted molar refractivity (Wildman–Crippen MR) is 128 cm³/mol. The first-order valence-corrected chi connectivity index (χ1v) is 11.9. The number of pyridine rings is 1. The summed E-state index contributed by atoms with van der Waals surface area (Å²) in [4.78, 5) is 20.5. The van der Waals surface area contributed by atoms with Gasteiger partial charge >= 0.3 is 12.4 Å². The van der Waals surface area contributed by atoms with Gasteiger partial charge in [-0.15, -0.1) is 0 Å². The van der Waals surface area contributed by atoms with Gasteiger partial charge in [0.05, 0.1) is 5.56 Å². The summed E-state index contributed by atoms with van der Waals surface area (Å²) < 4.78 is 78.6. The molecule has 1 aliphatic heterocycles. The van der Waals surface area contributed by atoms with Crippen molar-refractivity contribution < 1.29 is 36.2 Å². The Kier molecular flexibility index (Phi) is 7.74. The summed E-state index contributed by atoms with van der Waals surface area (Å²) in [6, 6.07) is 13.8. The van der Waals surface area contributed by atoms with Gasteiger partial charge in [0.1, 0.15) is 5.15 Å². The van der Waals surface area contributed by atoms with Gasteiger partial charge in [0.15, 0.2) is 0 Å². The van der Waals surface area contributed by atoms with Crippen molar-refractivity contribution in [3.8, 4) is 11.1 Å². The van der Waals surface area contributed by atoms with Crippen LogP contribution in [0.1, 0.15) is 21.5 Å². The minimum absolute atomic E-state index is 0.158. The number of aromatic nitrogens is 1. The van der Waals surface area contributed by atoms with Crippen LogP contribution < -0.4 is 0 Å². The number of carbonyl (C=O) groups excluding carboxylic acids is 1. The molecule has 0 atom stereocenters. The standard InChI is InChI=1S/C26H22ClF6N3O2/c27-22-21(2-1-11-34-22)23(37)36-14-12-35(13-15-36)16-17-3-5-18(6-4-17)19-7-9-20(10-8-19)24(38,25(28,29)30)26(31,32)33/h1-11,38H,12-16H2. The second-order valence-corrected chi connectivity index (χ2v) is 9.25. The summed E-state index contributed by atoms with van der Waals surface area (Å²) in [5.41, 5.74) is -3.97. The second-order valence-electron chi connectivity index (χ2n) is 8.89. The van der Waals surface area contributed by atoms with Gasteiger partial charge in [-0.3, -0.25) is 9.69 Å². The molecule has 1 amide bonds. The minimum atomic E-state index is -5.93. The average Bonchev–Trinajstić information content (AvgIpc) is 2.88. The lowest BCUT2D eigenvalue weighted by Crippen LogP contribution is -2.53. The maximum absolute atomic E-state index is 13.1. The molecule has 1 aromatic heterocycles. The number of carbonyl (C=O) groups is 1. The van der Waals surface area contributed by atoms with Crippen LogP contribution >= 0.6 is 11.6 Å². The number of aliphatic hydroxyl groups is 1. The first-order chi connectivity index (χ1) is 17.8. The van der Waals surface area contributed by atoms with Crippen molar-refractivity contribution in [2.75, 3.05) is 26.2 Å². The van der Waals surface area contributed by atoms with Crippen LogP contribution in [0.3, 0.4) is 0 Å². The molecule has 2 aromatic carbocycles. The summed E-state index contributed by atoms with van der Waals surface area (Å²) in [6.45, 7) is 2.88. The first kappa shape index (κ1) is 27.9. The van der Waals surface area contributed by atoms with Crippen LogP contribution in [0, 0.1) is 0 Å². The van der Waals surface area contributed by atoms with Crippen molar-refractivity contribution in [2.45, 2.75) is 24.5 Å². The first-order valence-electron chi connectivity index (χ1n) is 11.5. The fourth-order valence-electron chi connectivity index (χ4n) is 4.28. The van der Waals surface area contributed by atoms with E-state index in [4.69, 9.17) is 11.6 Å². The number of benzene rings is 2. The van der Waals surface area contributed by atoms with E-state index in [1.165, 1.54) is 6.20 Å². The lowest BCUT2D eigenvalue weighted by molar-refractivity contribution is -0.376. The molecule has 0 unspecified atom stereocenters. The van der Waals surface area contributed by atoms with Gasteiger partial charge in [0, 0.05) is 44.5 Å². The zero-order chi connectivity index (χ0) is 27.7. The van der Waals surface area contributed by atoms with Crippen molar-refractivity contribution in [1.29, 1.82) is 0 Å². The Hall–Kier alpha value is -3.15. The molecule has 2 heterocycles. The van der Waals surface area contributed by atoms with Crippen LogP contribution in [0.4, 0.5) is 26.3 Å². The Morgan fingerprint density at radius 1 is 0.842 bits per heavy atom. The maximum atomic E-state index is 13.1. The highest BCUT2D eigenvalue weighted by molar-refractivity contribution is 6.32. The molecule has 202 valence electrons. The predicted octanol–water partition coefficient (Wildman–Crippen LogP) is 5.67.